The number of para-hydroxylation sites is 2. The first-order valence-corrected chi connectivity index (χ1v) is 9.08. The molecule has 0 spiro atoms. The van der Waals surface area contributed by atoms with Crippen LogP contribution in [0.5, 0.6) is 5.75 Å². The van der Waals surface area contributed by atoms with Crippen molar-refractivity contribution in [2.24, 2.45) is 0 Å². The van der Waals surface area contributed by atoms with Crippen molar-refractivity contribution in [3.05, 3.63) is 53.1 Å². The predicted octanol–water partition coefficient (Wildman–Crippen LogP) is 2.47. The molecular weight excluding hydrogens is 382 g/mol. The van der Waals surface area contributed by atoms with Crippen LogP contribution in [0, 0.1) is 6.92 Å². The maximum Gasteiger partial charge on any atom is 0.316 e. The van der Waals surface area contributed by atoms with E-state index in [1.807, 2.05) is 6.92 Å². The van der Waals surface area contributed by atoms with Crippen LogP contribution in [0.15, 0.2) is 42.5 Å². The molecule has 1 fully saturated rings. The molecule has 3 rings (SSSR count). The lowest BCUT2D eigenvalue weighted by Gasteiger charge is -2.34. The van der Waals surface area contributed by atoms with E-state index in [2.05, 4.69) is 5.32 Å². The van der Waals surface area contributed by atoms with Gasteiger partial charge in [0.1, 0.15) is 12.3 Å². The zero-order chi connectivity index (χ0) is 20.3. The van der Waals surface area contributed by atoms with E-state index < -0.39 is 17.7 Å². The third kappa shape index (κ3) is 4.09. The van der Waals surface area contributed by atoms with Crippen molar-refractivity contribution >= 4 is 40.7 Å². The van der Waals surface area contributed by atoms with Crippen LogP contribution >= 0.6 is 11.6 Å². The molecule has 1 saturated heterocycles. The number of piperazine rings is 1. The van der Waals surface area contributed by atoms with Crippen LogP contribution in [-0.2, 0) is 14.4 Å². The van der Waals surface area contributed by atoms with Gasteiger partial charge in [0.05, 0.1) is 12.8 Å². The molecule has 0 unspecified atom stereocenters. The lowest BCUT2D eigenvalue weighted by Crippen LogP contribution is -2.56. The number of benzene rings is 2. The summed E-state index contributed by atoms with van der Waals surface area (Å²) < 4.78 is 5.19. The maximum absolute atomic E-state index is 12.6. The second kappa shape index (κ2) is 8.31. The molecule has 8 heteroatoms. The third-order valence-corrected chi connectivity index (χ3v) is 4.72. The Morgan fingerprint density at radius 1 is 1.14 bits per heavy atom. The predicted molar refractivity (Wildman–Crippen MR) is 107 cm³/mol. The van der Waals surface area contributed by atoms with E-state index in [0.29, 0.717) is 22.1 Å². The van der Waals surface area contributed by atoms with Gasteiger partial charge in [-0.15, -0.1) is 0 Å². The summed E-state index contributed by atoms with van der Waals surface area (Å²) in [6, 6.07) is 12.1. The van der Waals surface area contributed by atoms with Crippen molar-refractivity contribution < 1.29 is 19.1 Å². The monoisotopic (exact) mass is 401 g/mol. The van der Waals surface area contributed by atoms with Crippen LogP contribution in [0.25, 0.3) is 0 Å². The topological polar surface area (TPSA) is 79.0 Å². The van der Waals surface area contributed by atoms with Gasteiger partial charge in [0.25, 0.3) is 0 Å². The van der Waals surface area contributed by atoms with E-state index in [0.717, 1.165) is 5.56 Å². The Labute approximate surface area is 167 Å². The number of methoxy groups -OCH3 is 1. The standard InChI is InChI=1S/C20H20ClN3O4/c1-13-7-8-14(21)11-16(13)24-10-9-23(19(26)20(24)27)12-18(25)22-15-5-3-4-6-17(15)28-2/h3-8,11H,9-10,12H2,1-2H3,(H,22,25). The van der Waals surface area contributed by atoms with Crippen LogP contribution < -0.4 is 15.0 Å². The van der Waals surface area contributed by atoms with Gasteiger partial charge >= 0.3 is 11.8 Å². The minimum absolute atomic E-state index is 0.217. The fourth-order valence-corrected chi connectivity index (χ4v) is 3.21. The van der Waals surface area contributed by atoms with Crippen molar-refractivity contribution in [1.29, 1.82) is 0 Å². The molecule has 28 heavy (non-hydrogen) atoms. The number of rotatable bonds is 5. The van der Waals surface area contributed by atoms with Crippen molar-refractivity contribution in [3.63, 3.8) is 0 Å². The molecule has 0 bridgehead atoms. The van der Waals surface area contributed by atoms with E-state index >= 15 is 0 Å². The highest BCUT2D eigenvalue weighted by Crippen LogP contribution is 2.26. The van der Waals surface area contributed by atoms with Crippen molar-refractivity contribution in [2.75, 3.05) is 37.0 Å². The van der Waals surface area contributed by atoms with Crippen molar-refractivity contribution in [2.45, 2.75) is 6.92 Å². The highest BCUT2D eigenvalue weighted by molar-refractivity contribution is 6.41. The quantitative estimate of drug-likeness (QED) is 0.780. The van der Waals surface area contributed by atoms with Gasteiger partial charge in [-0.05, 0) is 36.8 Å². The SMILES string of the molecule is COc1ccccc1NC(=O)CN1CCN(c2cc(Cl)ccc2C)C(=O)C1=O. The normalized spacial score (nSPS) is 14.2. The molecule has 2 aromatic carbocycles. The summed E-state index contributed by atoms with van der Waals surface area (Å²) in [5.74, 6) is -1.29. The highest BCUT2D eigenvalue weighted by atomic mass is 35.5. The summed E-state index contributed by atoms with van der Waals surface area (Å²) in [7, 11) is 1.50. The van der Waals surface area contributed by atoms with Gasteiger partial charge in [-0.25, -0.2) is 0 Å². The first kappa shape index (κ1) is 19.7. The number of hydrogen-bond donors (Lipinski definition) is 1. The number of aryl methyl sites for hydroxylation is 1. The molecule has 1 aliphatic rings. The van der Waals surface area contributed by atoms with Gasteiger partial charge < -0.3 is 19.9 Å². The molecule has 0 aliphatic carbocycles. The average molecular weight is 402 g/mol. The number of carbonyl (C=O) groups is 3. The summed E-state index contributed by atoms with van der Waals surface area (Å²) in [6.45, 7) is 2.16. The molecule has 0 saturated carbocycles. The van der Waals surface area contributed by atoms with E-state index in [-0.39, 0.29) is 19.6 Å². The number of amides is 3. The van der Waals surface area contributed by atoms with E-state index in [9.17, 15) is 14.4 Å². The average Bonchev–Trinajstić information content (AvgIpc) is 2.68. The van der Waals surface area contributed by atoms with Gasteiger partial charge in [-0.1, -0.05) is 29.8 Å². The lowest BCUT2D eigenvalue weighted by atomic mass is 10.1. The summed E-state index contributed by atoms with van der Waals surface area (Å²) in [5.41, 5.74) is 1.94. The number of nitrogens with one attached hydrogen (secondary N) is 1. The van der Waals surface area contributed by atoms with Crippen LogP contribution in [0.2, 0.25) is 5.02 Å². The molecule has 3 amide bonds. The Bertz CT molecular complexity index is 931. The molecule has 0 atom stereocenters. The Morgan fingerprint density at radius 3 is 2.64 bits per heavy atom. The van der Waals surface area contributed by atoms with Crippen molar-refractivity contribution in [1.82, 2.24) is 4.90 Å². The smallest absolute Gasteiger partial charge is 0.316 e. The number of hydrogen-bond acceptors (Lipinski definition) is 4. The highest BCUT2D eigenvalue weighted by Gasteiger charge is 2.35. The Balaban J connectivity index is 1.68. The van der Waals surface area contributed by atoms with Gasteiger partial charge in [0.15, 0.2) is 0 Å². The molecule has 1 heterocycles. The molecule has 0 radical (unpaired) electrons. The molecule has 7 nitrogen and oxygen atoms in total. The first-order valence-electron chi connectivity index (χ1n) is 8.70. The summed E-state index contributed by atoms with van der Waals surface area (Å²) in [6.07, 6.45) is 0. The summed E-state index contributed by atoms with van der Waals surface area (Å²) >= 11 is 6.02. The fourth-order valence-electron chi connectivity index (χ4n) is 3.04. The number of halogens is 1. The Kier molecular flexibility index (Phi) is 5.84. The van der Waals surface area contributed by atoms with Gasteiger partial charge in [-0.2, -0.15) is 0 Å². The number of ether oxygens (including phenoxy) is 1. The fraction of sp³-hybridized carbons (Fsp3) is 0.250. The van der Waals surface area contributed by atoms with Crippen LogP contribution in [-0.4, -0.2) is 49.4 Å². The molecule has 0 aromatic heterocycles. The number of carbonyl (C=O) groups excluding carboxylic acids is 3. The summed E-state index contributed by atoms with van der Waals surface area (Å²) in [5, 5.41) is 3.19. The molecule has 146 valence electrons. The van der Waals surface area contributed by atoms with E-state index in [1.54, 1.807) is 42.5 Å². The molecule has 1 N–H and O–H groups in total. The first-order chi connectivity index (χ1) is 13.4. The van der Waals surface area contributed by atoms with Crippen LogP contribution in [0.4, 0.5) is 11.4 Å². The van der Waals surface area contributed by atoms with Crippen molar-refractivity contribution in [3.8, 4) is 5.75 Å². The van der Waals surface area contributed by atoms with Gasteiger partial charge in [0.2, 0.25) is 5.91 Å². The van der Waals surface area contributed by atoms with E-state index in [1.165, 1.54) is 16.9 Å². The Hall–Kier alpha value is -3.06. The van der Waals surface area contributed by atoms with Gasteiger partial charge in [0, 0.05) is 23.8 Å². The van der Waals surface area contributed by atoms with Gasteiger partial charge in [-0.3, -0.25) is 14.4 Å². The lowest BCUT2D eigenvalue weighted by molar-refractivity contribution is -0.147. The maximum atomic E-state index is 12.6. The second-order valence-corrected chi connectivity index (χ2v) is 6.80. The molecule has 1 aliphatic heterocycles. The minimum Gasteiger partial charge on any atom is -0.495 e. The zero-order valence-corrected chi connectivity index (χ0v) is 16.3. The third-order valence-electron chi connectivity index (χ3n) is 4.49. The van der Waals surface area contributed by atoms with Crippen LogP contribution in [0.3, 0.4) is 0 Å². The molecular formula is C20H20ClN3O4. The zero-order valence-electron chi connectivity index (χ0n) is 15.6. The summed E-state index contributed by atoms with van der Waals surface area (Å²) in [4.78, 5) is 40.1. The second-order valence-electron chi connectivity index (χ2n) is 6.36. The van der Waals surface area contributed by atoms with E-state index in [4.69, 9.17) is 16.3 Å². The largest absolute Gasteiger partial charge is 0.495 e. The van der Waals surface area contributed by atoms with Crippen LogP contribution in [0.1, 0.15) is 5.56 Å². The Morgan fingerprint density at radius 2 is 1.89 bits per heavy atom. The molecule has 2 aromatic rings. The minimum atomic E-state index is -0.721. The number of nitrogens with zero attached hydrogens (tertiary/aromatic N) is 2. The number of anilines is 2.